The van der Waals surface area contributed by atoms with Crippen LogP contribution in [0.5, 0.6) is 0 Å². The number of nitrogens with zero attached hydrogens (tertiary/aromatic N) is 1. The minimum atomic E-state index is 0.658. The molecule has 82 valence electrons. The number of rotatable bonds is 0. The molecule has 0 bridgehead atoms. The van der Waals surface area contributed by atoms with Gasteiger partial charge in [-0.15, -0.1) is 0 Å². The Hall–Kier alpha value is -2.00. The molecule has 0 saturated carbocycles. The fraction of sp³-hybridized carbons (Fsp3) is 0. The molecule has 0 radical (unpaired) electrons. The lowest BCUT2D eigenvalue weighted by Gasteiger charge is -1.90. The van der Waals surface area contributed by atoms with E-state index in [2.05, 4.69) is 4.98 Å². The summed E-state index contributed by atoms with van der Waals surface area (Å²) in [5.41, 5.74) is 3.13. The molecule has 0 amide bonds. The van der Waals surface area contributed by atoms with Gasteiger partial charge in [0.05, 0.1) is 5.39 Å². The number of oxazole rings is 1. The van der Waals surface area contributed by atoms with Crippen LogP contribution in [-0.2, 0) is 0 Å². The maximum atomic E-state index is 5.95. The summed E-state index contributed by atoms with van der Waals surface area (Å²) in [5.74, 6) is 0. The minimum absolute atomic E-state index is 0.658. The molecule has 0 saturated heterocycles. The quantitative estimate of drug-likeness (QED) is 0.460. The van der Waals surface area contributed by atoms with Crippen LogP contribution in [0.4, 0.5) is 0 Å². The van der Waals surface area contributed by atoms with Gasteiger partial charge in [0, 0.05) is 16.5 Å². The first-order valence-corrected chi connectivity index (χ1v) is 5.55. The first-order valence-electron chi connectivity index (χ1n) is 5.17. The Kier molecular flexibility index (Phi) is 1.61. The van der Waals surface area contributed by atoms with Crippen molar-refractivity contribution in [1.82, 2.24) is 4.98 Å². The average Bonchev–Trinajstić information content (AvgIpc) is 2.89. The van der Waals surface area contributed by atoms with Crippen LogP contribution in [0, 0.1) is 0 Å². The first-order chi connectivity index (χ1) is 8.33. The van der Waals surface area contributed by atoms with E-state index in [1.165, 1.54) is 6.39 Å². The molecule has 0 fully saturated rings. The topological polar surface area (TPSA) is 39.2 Å². The second-order valence-corrected chi connectivity index (χ2v) is 4.32. The summed E-state index contributed by atoms with van der Waals surface area (Å²) in [4.78, 5) is 4.14. The van der Waals surface area contributed by atoms with E-state index in [1.54, 1.807) is 6.07 Å². The van der Waals surface area contributed by atoms with Gasteiger partial charge in [0.2, 0.25) is 0 Å². The number of hydrogen-bond donors (Lipinski definition) is 0. The van der Waals surface area contributed by atoms with Gasteiger partial charge in [-0.2, -0.15) is 0 Å². The van der Waals surface area contributed by atoms with Crippen molar-refractivity contribution in [2.24, 2.45) is 0 Å². The number of aromatic nitrogens is 1. The molecule has 17 heavy (non-hydrogen) atoms. The van der Waals surface area contributed by atoms with E-state index in [1.807, 2.05) is 24.3 Å². The molecule has 0 aliphatic carbocycles. The summed E-state index contributed by atoms with van der Waals surface area (Å²) in [6.07, 6.45) is 1.44. The molecular formula is C13H6ClNO2. The van der Waals surface area contributed by atoms with Crippen molar-refractivity contribution >= 4 is 44.6 Å². The first kappa shape index (κ1) is 9.07. The lowest BCUT2D eigenvalue weighted by molar-refractivity contribution is 0.604. The third-order valence-corrected chi connectivity index (χ3v) is 3.13. The standard InChI is InChI=1S/C13H6ClNO2/c14-7-1-2-8-11(5-7)17-10-4-3-9-13(12(8)10)16-6-15-9/h1-6H. The van der Waals surface area contributed by atoms with Gasteiger partial charge in [0.25, 0.3) is 0 Å². The van der Waals surface area contributed by atoms with Crippen LogP contribution in [0.3, 0.4) is 0 Å². The van der Waals surface area contributed by atoms with Crippen molar-refractivity contribution in [2.75, 3.05) is 0 Å². The zero-order valence-electron chi connectivity index (χ0n) is 8.61. The fourth-order valence-electron chi connectivity index (χ4n) is 2.16. The van der Waals surface area contributed by atoms with Gasteiger partial charge in [0.1, 0.15) is 16.7 Å². The predicted molar refractivity (Wildman–Crippen MR) is 66.3 cm³/mol. The lowest BCUT2D eigenvalue weighted by Crippen LogP contribution is -1.70. The van der Waals surface area contributed by atoms with E-state index in [4.69, 9.17) is 20.4 Å². The highest BCUT2D eigenvalue weighted by Gasteiger charge is 2.13. The van der Waals surface area contributed by atoms with Crippen LogP contribution in [0.15, 0.2) is 45.6 Å². The van der Waals surface area contributed by atoms with E-state index in [9.17, 15) is 0 Å². The largest absolute Gasteiger partial charge is 0.456 e. The normalized spacial score (nSPS) is 11.8. The highest BCUT2D eigenvalue weighted by molar-refractivity contribution is 6.31. The molecule has 4 rings (SSSR count). The third kappa shape index (κ3) is 1.14. The summed E-state index contributed by atoms with van der Waals surface area (Å²) in [5, 5.41) is 2.60. The van der Waals surface area contributed by atoms with Crippen molar-refractivity contribution in [2.45, 2.75) is 0 Å². The molecule has 0 unspecified atom stereocenters. The second-order valence-electron chi connectivity index (χ2n) is 3.88. The summed E-state index contributed by atoms with van der Waals surface area (Å²) < 4.78 is 11.2. The number of fused-ring (bicyclic) bond motifs is 5. The molecule has 4 aromatic rings. The van der Waals surface area contributed by atoms with E-state index < -0.39 is 0 Å². The molecule has 2 aromatic heterocycles. The monoisotopic (exact) mass is 243 g/mol. The van der Waals surface area contributed by atoms with Crippen molar-refractivity contribution in [1.29, 1.82) is 0 Å². The fourth-order valence-corrected chi connectivity index (χ4v) is 2.32. The highest BCUT2D eigenvalue weighted by atomic mass is 35.5. The van der Waals surface area contributed by atoms with Gasteiger partial charge in [-0.05, 0) is 24.3 Å². The Morgan fingerprint density at radius 2 is 2.00 bits per heavy atom. The third-order valence-electron chi connectivity index (χ3n) is 2.89. The van der Waals surface area contributed by atoms with Gasteiger partial charge in [-0.3, -0.25) is 0 Å². The molecule has 0 aliphatic rings. The number of halogens is 1. The van der Waals surface area contributed by atoms with Gasteiger partial charge >= 0.3 is 0 Å². The number of hydrogen-bond acceptors (Lipinski definition) is 3. The maximum absolute atomic E-state index is 5.95. The zero-order chi connectivity index (χ0) is 11.4. The SMILES string of the molecule is Clc1ccc2c(c1)oc1ccc3ncoc3c12. The Bertz CT molecular complexity index is 860. The highest BCUT2D eigenvalue weighted by Crippen LogP contribution is 2.35. The number of furan rings is 1. The summed E-state index contributed by atoms with van der Waals surface area (Å²) >= 11 is 5.95. The van der Waals surface area contributed by atoms with Gasteiger partial charge in [0.15, 0.2) is 12.0 Å². The summed E-state index contributed by atoms with van der Waals surface area (Å²) in [6, 6.07) is 9.36. The summed E-state index contributed by atoms with van der Waals surface area (Å²) in [7, 11) is 0. The van der Waals surface area contributed by atoms with Crippen LogP contribution in [0.2, 0.25) is 5.02 Å². The van der Waals surface area contributed by atoms with Crippen LogP contribution in [-0.4, -0.2) is 4.98 Å². The predicted octanol–water partition coefficient (Wildman–Crippen LogP) is 4.38. The Balaban J connectivity index is 2.35. The van der Waals surface area contributed by atoms with E-state index in [0.29, 0.717) is 5.02 Å². The second kappa shape index (κ2) is 3.02. The van der Waals surface area contributed by atoms with Gasteiger partial charge in [-0.1, -0.05) is 11.6 Å². The zero-order valence-corrected chi connectivity index (χ0v) is 9.36. The van der Waals surface area contributed by atoms with Crippen LogP contribution in [0.25, 0.3) is 33.0 Å². The Labute approximate surface area is 101 Å². The number of benzene rings is 2. The molecule has 0 atom stereocenters. The van der Waals surface area contributed by atoms with Crippen LogP contribution < -0.4 is 0 Å². The molecule has 0 spiro atoms. The van der Waals surface area contributed by atoms with Crippen molar-refractivity contribution < 1.29 is 8.83 Å². The smallest absolute Gasteiger partial charge is 0.182 e. The molecule has 4 heteroatoms. The van der Waals surface area contributed by atoms with Crippen molar-refractivity contribution in [3.63, 3.8) is 0 Å². The van der Waals surface area contributed by atoms with Crippen LogP contribution >= 0.6 is 11.6 Å². The lowest BCUT2D eigenvalue weighted by atomic mass is 10.1. The average molecular weight is 244 g/mol. The summed E-state index contributed by atoms with van der Waals surface area (Å²) in [6.45, 7) is 0. The van der Waals surface area contributed by atoms with Crippen molar-refractivity contribution in [3.05, 3.63) is 41.7 Å². The molecule has 3 nitrogen and oxygen atoms in total. The minimum Gasteiger partial charge on any atom is -0.456 e. The van der Waals surface area contributed by atoms with Gasteiger partial charge < -0.3 is 8.83 Å². The maximum Gasteiger partial charge on any atom is 0.182 e. The molecule has 2 aromatic carbocycles. The van der Waals surface area contributed by atoms with E-state index in [0.717, 1.165) is 33.0 Å². The van der Waals surface area contributed by atoms with E-state index in [-0.39, 0.29) is 0 Å². The molecule has 0 N–H and O–H groups in total. The molecular weight excluding hydrogens is 238 g/mol. The molecule has 2 heterocycles. The molecule has 0 aliphatic heterocycles. The van der Waals surface area contributed by atoms with Crippen molar-refractivity contribution in [3.8, 4) is 0 Å². The van der Waals surface area contributed by atoms with E-state index >= 15 is 0 Å². The Morgan fingerprint density at radius 3 is 2.94 bits per heavy atom. The van der Waals surface area contributed by atoms with Crippen LogP contribution in [0.1, 0.15) is 0 Å². The van der Waals surface area contributed by atoms with Gasteiger partial charge in [-0.25, -0.2) is 4.98 Å². The Morgan fingerprint density at radius 1 is 1.06 bits per heavy atom.